The van der Waals surface area contributed by atoms with E-state index < -0.39 is 51.6 Å². The summed E-state index contributed by atoms with van der Waals surface area (Å²) < 4.78 is 16.9. The Hall–Kier alpha value is -2.42. The summed E-state index contributed by atoms with van der Waals surface area (Å²) >= 11 is 0. The van der Waals surface area contributed by atoms with E-state index in [-0.39, 0.29) is 37.4 Å². The summed E-state index contributed by atoms with van der Waals surface area (Å²) in [6, 6.07) is 0. The van der Waals surface area contributed by atoms with Crippen LogP contribution in [0, 0.1) is 34.0 Å². The Balaban J connectivity index is 1.27. The number of carbonyl (C=O) groups is 4. The third-order valence-electron chi connectivity index (χ3n) is 9.76. The maximum atomic E-state index is 13.6. The van der Waals surface area contributed by atoms with Crippen molar-refractivity contribution in [1.82, 2.24) is 4.90 Å². The van der Waals surface area contributed by atoms with Gasteiger partial charge in [-0.2, -0.15) is 0 Å². The van der Waals surface area contributed by atoms with Gasteiger partial charge in [0.25, 0.3) is 5.91 Å². The highest BCUT2D eigenvalue weighted by Crippen LogP contribution is 2.60. The second kappa shape index (κ2) is 9.85. The van der Waals surface area contributed by atoms with Crippen molar-refractivity contribution >= 4 is 23.6 Å². The number of ether oxygens (including phenoxy) is 3. The van der Waals surface area contributed by atoms with Crippen molar-refractivity contribution in [2.75, 3.05) is 19.8 Å². The van der Waals surface area contributed by atoms with Crippen LogP contribution in [-0.4, -0.2) is 65.2 Å². The van der Waals surface area contributed by atoms with Crippen LogP contribution in [0.15, 0.2) is 11.3 Å². The number of aliphatic hydroxyl groups is 1. The van der Waals surface area contributed by atoms with E-state index in [9.17, 15) is 24.3 Å². The van der Waals surface area contributed by atoms with Crippen molar-refractivity contribution in [2.45, 2.75) is 105 Å². The number of aliphatic hydroxyl groups excluding tert-OH is 1. The van der Waals surface area contributed by atoms with E-state index in [2.05, 4.69) is 0 Å². The van der Waals surface area contributed by atoms with Gasteiger partial charge in [-0.1, -0.05) is 34.6 Å². The molecular weight excluding hydrogens is 514 g/mol. The Morgan fingerprint density at radius 3 is 2.08 bits per heavy atom. The molecule has 5 fully saturated rings. The smallest absolute Gasteiger partial charge is 0.342 e. The summed E-state index contributed by atoms with van der Waals surface area (Å²) in [5, 5.41) is 11.3. The number of rotatable bonds is 9. The molecule has 2 heterocycles. The number of nitrogens with zero attached hydrogens (tertiary/aromatic N) is 1. The van der Waals surface area contributed by atoms with Crippen molar-refractivity contribution in [3.05, 3.63) is 11.3 Å². The highest BCUT2D eigenvalue weighted by molar-refractivity contribution is 6.24. The third kappa shape index (κ3) is 4.86. The summed E-state index contributed by atoms with van der Waals surface area (Å²) in [4.78, 5) is 54.4. The molecule has 1 saturated heterocycles. The molecule has 9 nitrogen and oxygen atoms in total. The molecule has 0 unspecified atom stereocenters. The van der Waals surface area contributed by atoms with Crippen LogP contribution in [0.1, 0.15) is 92.9 Å². The van der Waals surface area contributed by atoms with Gasteiger partial charge in [-0.15, -0.1) is 0 Å². The lowest BCUT2D eigenvalue weighted by atomic mass is 9.50. The lowest BCUT2D eigenvalue weighted by molar-refractivity contribution is -0.160. The monoisotopic (exact) mass is 559 g/mol. The highest BCUT2D eigenvalue weighted by Gasteiger charge is 2.67. The van der Waals surface area contributed by atoms with Crippen LogP contribution in [0.2, 0.25) is 0 Å². The van der Waals surface area contributed by atoms with Gasteiger partial charge in [0.1, 0.15) is 17.6 Å². The van der Waals surface area contributed by atoms with E-state index in [1.54, 1.807) is 20.8 Å². The van der Waals surface area contributed by atoms with Crippen molar-refractivity contribution in [1.29, 1.82) is 0 Å². The standard InChI is InChI=1S/C31H45NO8/c1-7-38-27(37)31-17-40-26(28(2,3)4)32(31)25(36)23(24(31)35)21(33)14-29(5,6)15-22(34)39-16-30-11-18-8-19(12-30)10-20(9-18)13-30/h18-20,26,35H,7-17H2,1-6H3/t18?,19?,20?,26-,30?,31-/m1/s1. The number of hydrogen-bond donors (Lipinski definition) is 1. The number of amides is 1. The van der Waals surface area contributed by atoms with Crippen molar-refractivity contribution in [3.63, 3.8) is 0 Å². The molecular formula is C31H45NO8. The lowest BCUT2D eigenvalue weighted by Gasteiger charge is -2.56. The molecule has 2 atom stereocenters. The zero-order valence-electron chi connectivity index (χ0n) is 24.8. The van der Waals surface area contributed by atoms with E-state index in [1.807, 2.05) is 20.8 Å². The highest BCUT2D eigenvalue weighted by atomic mass is 16.6. The minimum atomic E-state index is -1.89. The number of hydrogen-bond acceptors (Lipinski definition) is 8. The Morgan fingerprint density at radius 2 is 1.55 bits per heavy atom. The lowest BCUT2D eigenvalue weighted by Crippen LogP contribution is -2.57. The quantitative estimate of drug-likeness (QED) is 0.324. The SMILES string of the molecule is CCOC(=O)[C@]12CO[C@H](C(C)(C)C)N1C(=O)C(C(=O)CC(C)(C)CC(=O)OCC13CC4CC(CC(C4)C1)C3)=C2O. The summed E-state index contributed by atoms with van der Waals surface area (Å²) in [5.41, 5.74) is -3.64. The van der Waals surface area contributed by atoms with Gasteiger partial charge in [-0.25, -0.2) is 4.79 Å². The fraction of sp³-hybridized carbons (Fsp3) is 0.806. The summed E-state index contributed by atoms with van der Waals surface area (Å²) in [7, 11) is 0. The van der Waals surface area contributed by atoms with Gasteiger partial charge in [0, 0.05) is 17.3 Å². The minimum Gasteiger partial charge on any atom is -0.508 e. The molecule has 4 saturated carbocycles. The molecule has 4 aliphatic carbocycles. The maximum Gasteiger partial charge on any atom is 0.342 e. The number of Topliss-reactive ketones (excluding diaryl/α,β-unsaturated/α-hetero) is 1. The average Bonchev–Trinajstić information content (AvgIpc) is 3.32. The van der Waals surface area contributed by atoms with Gasteiger partial charge in [0.05, 0.1) is 26.2 Å². The van der Waals surface area contributed by atoms with Crippen molar-refractivity contribution in [2.24, 2.45) is 34.0 Å². The van der Waals surface area contributed by atoms with Gasteiger partial charge < -0.3 is 19.3 Å². The Morgan fingerprint density at radius 1 is 0.975 bits per heavy atom. The Labute approximate surface area is 237 Å². The molecule has 1 N–H and O–H groups in total. The first kappa shape index (κ1) is 29.1. The van der Waals surface area contributed by atoms with Gasteiger partial charge in [0.2, 0.25) is 5.54 Å². The van der Waals surface area contributed by atoms with E-state index in [0.717, 1.165) is 37.0 Å². The van der Waals surface area contributed by atoms with Crippen LogP contribution >= 0.6 is 0 Å². The molecule has 4 bridgehead atoms. The largest absolute Gasteiger partial charge is 0.508 e. The van der Waals surface area contributed by atoms with Crippen molar-refractivity contribution in [3.8, 4) is 0 Å². The van der Waals surface area contributed by atoms with Gasteiger partial charge in [-0.05, 0) is 68.6 Å². The van der Waals surface area contributed by atoms with Gasteiger partial charge in [0.15, 0.2) is 5.78 Å². The molecule has 0 aromatic rings. The van der Waals surface area contributed by atoms with E-state index in [4.69, 9.17) is 14.2 Å². The molecule has 222 valence electrons. The molecule has 0 radical (unpaired) electrons. The van der Waals surface area contributed by atoms with Gasteiger partial charge in [-0.3, -0.25) is 19.3 Å². The van der Waals surface area contributed by atoms with Crippen LogP contribution < -0.4 is 0 Å². The predicted octanol–water partition coefficient (Wildman–Crippen LogP) is 4.48. The minimum absolute atomic E-state index is 0.00774. The normalized spacial score (nSPS) is 34.9. The fourth-order valence-electron chi connectivity index (χ4n) is 8.56. The number of fused-ring (bicyclic) bond motifs is 1. The zero-order chi connectivity index (χ0) is 29.3. The first-order valence-corrected chi connectivity index (χ1v) is 14.9. The van der Waals surface area contributed by atoms with Gasteiger partial charge >= 0.3 is 11.9 Å². The molecule has 0 aromatic carbocycles. The summed E-state index contributed by atoms with van der Waals surface area (Å²) in [6.45, 7) is 10.9. The van der Waals surface area contributed by atoms with Crippen molar-refractivity contribution < 1.29 is 38.5 Å². The maximum absolute atomic E-state index is 13.6. The molecule has 40 heavy (non-hydrogen) atoms. The zero-order valence-corrected chi connectivity index (χ0v) is 24.8. The first-order chi connectivity index (χ1) is 18.6. The molecule has 0 spiro atoms. The number of esters is 2. The second-order valence-corrected chi connectivity index (χ2v) is 15.0. The number of carbonyl (C=O) groups excluding carboxylic acids is 4. The average molecular weight is 560 g/mol. The first-order valence-electron chi connectivity index (χ1n) is 14.9. The number of ketones is 1. The van der Waals surface area contributed by atoms with Crippen LogP contribution in [0.5, 0.6) is 0 Å². The van der Waals surface area contributed by atoms with Crippen LogP contribution in [0.25, 0.3) is 0 Å². The molecule has 0 aromatic heterocycles. The van der Waals surface area contributed by atoms with Crippen LogP contribution in [0.4, 0.5) is 0 Å². The molecule has 6 aliphatic rings. The molecule has 9 heteroatoms. The topological polar surface area (TPSA) is 119 Å². The fourth-order valence-corrected chi connectivity index (χ4v) is 8.56. The van der Waals surface area contributed by atoms with E-state index in [0.29, 0.717) is 6.61 Å². The van der Waals surface area contributed by atoms with E-state index >= 15 is 0 Å². The summed E-state index contributed by atoms with van der Waals surface area (Å²) in [6.07, 6.45) is 6.38. The van der Waals surface area contributed by atoms with E-state index in [1.165, 1.54) is 24.2 Å². The molecule has 6 rings (SSSR count). The van der Waals surface area contributed by atoms with Crippen LogP contribution in [-0.2, 0) is 33.4 Å². The predicted molar refractivity (Wildman–Crippen MR) is 145 cm³/mol. The van der Waals surface area contributed by atoms with Crippen LogP contribution in [0.3, 0.4) is 0 Å². The molecule has 1 amide bonds. The summed E-state index contributed by atoms with van der Waals surface area (Å²) in [5.74, 6) is -0.897. The second-order valence-electron chi connectivity index (χ2n) is 15.0. The molecule has 2 aliphatic heterocycles. The Bertz CT molecular complexity index is 1100. The Kier molecular flexibility index (Phi) is 7.16. The third-order valence-corrected chi connectivity index (χ3v) is 9.76.